The molecule has 0 N–H and O–H groups in total. The Morgan fingerprint density at radius 1 is 1.13 bits per heavy atom. The lowest BCUT2D eigenvalue weighted by Crippen LogP contribution is -2.31. The molecule has 0 amide bonds. The Morgan fingerprint density at radius 3 is 2.74 bits per heavy atom. The van der Waals surface area contributed by atoms with Crippen LogP contribution in [0, 0.1) is 0 Å². The van der Waals surface area contributed by atoms with Crippen molar-refractivity contribution in [1.82, 2.24) is 0 Å². The number of halogens is 1. The van der Waals surface area contributed by atoms with Crippen LogP contribution in [0.15, 0.2) is 54.6 Å². The molecule has 23 heavy (non-hydrogen) atoms. The van der Waals surface area contributed by atoms with Gasteiger partial charge in [-0.2, -0.15) is 0 Å². The van der Waals surface area contributed by atoms with Gasteiger partial charge in [-0.1, -0.05) is 76.6 Å². The summed E-state index contributed by atoms with van der Waals surface area (Å²) in [4.78, 5) is 12.4. The van der Waals surface area contributed by atoms with Crippen molar-refractivity contribution in [1.29, 1.82) is 0 Å². The molecule has 0 radical (unpaired) electrons. The van der Waals surface area contributed by atoms with E-state index in [1.807, 2.05) is 54.6 Å². The second-order valence-electron chi connectivity index (χ2n) is 5.31. The van der Waals surface area contributed by atoms with E-state index in [4.69, 9.17) is 4.74 Å². The van der Waals surface area contributed by atoms with E-state index in [9.17, 15) is 4.79 Å². The standard InChI is InChI=1S/C20H17BrO2/c21-13-18(22)20-17-10-6-2-5-9-16(17)11-12-19(20)23-14-15-7-3-1-4-8-15/h1-4,6-12H,5,13-14H2. The molecule has 0 unspecified atom stereocenters. The van der Waals surface area contributed by atoms with E-state index in [0.717, 1.165) is 22.4 Å². The number of rotatable bonds is 5. The molecule has 0 atom stereocenters. The predicted octanol–water partition coefficient (Wildman–Crippen LogP) is 3.36. The Hall–Kier alpha value is -2.13. The molecule has 0 aliphatic heterocycles. The molecule has 0 saturated carbocycles. The quantitative estimate of drug-likeness (QED) is 0.597. The Balaban J connectivity index is 2.03. The molecular weight excluding hydrogens is 352 g/mol. The van der Waals surface area contributed by atoms with E-state index < -0.39 is 0 Å². The van der Waals surface area contributed by atoms with E-state index in [1.54, 1.807) is 0 Å². The number of hydrogen-bond acceptors (Lipinski definition) is 2. The van der Waals surface area contributed by atoms with Crippen molar-refractivity contribution in [3.05, 3.63) is 76.2 Å². The fraction of sp³-hybridized carbons (Fsp3) is 0.150. The number of allylic oxidation sites excluding steroid dienone is 2. The molecule has 116 valence electrons. The van der Waals surface area contributed by atoms with Crippen molar-refractivity contribution < 1.29 is 9.53 Å². The molecule has 0 bridgehead atoms. The summed E-state index contributed by atoms with van der Waals surface area (Å²) < 4.78 is 5.95. The third-order valence-corrected chi connectivity index (χ3v) is 4.26. The predicted molar refractivity (Wildman–Crippen MR) is 97.3 cm³/mol. The van der Waals surface area contributed by atoms with Gasteiger partial charge in [0.2, 0.25) is 0 Å². The number of carbonyl (C=O) groups is 1. The number of ketones is 1. The van der Waals surface area contributed by atoms with Crippen molar-refractivity contribution in [2.75, 3.05) is 5.33 Å². The van der Waals surface area contributed by atoms with Crippen LogP contribution < -0.4 is 15.2 Å². The smallest absolute Gasteiger partial charge is 0.177 e. The Morgan fingerprint density at radius 2 is 1.96 bits per heavy atom. The third-order valence-electron chi connectivity index (χ3n) is 3.75. The van der Waals surface area contributed by atoms with Crippen molar-refractivity contribution in [2.45, 2.75) is 13.0 Å². The second-order valence-corrected chi connectivity index (χ2v) is 5.87. The molecule has 3 heteroatoms. The van der Waals surface area contributed by atoms with Gasteiger partial charge < -0.3 is 4.74 Å². The lowest BCUT2D eigenvalue weighted by molar-refractivity contribution is 0.101. The van der Waals surface area contributed by atoms with Gasteiger partial charge in [0.25, 0.3) is 0 Å². The summed E-state index contributed by atoms with van der Waals surface area (Å²) in [5, 5.41) is 2.29. The number of benzene rings is 2. The summed E-state index contributed by atoms with van der Waals surface area (Å²) in [6.07, 6.45) is 9.06. The van der Waals surface area contributed by atoms with E-state index in [-0.39, 0.29) is 11.1 Å². The molecule has 0 saturated heterocycles. The van der Waals surface area contributed by atoms with Crippen LogP contribution in [0.3, 0.4) is 0 Å². The lowest BCUT2D eigenvalue weighted by atomic mass is 10.0. The molecule has 2 aromatic carbocycles. The monoisotopic (exact) mass is 368 g/mol. The summed E-state index contributed by atoms with van der Waals surface area (Å²) in [7, 11) is 0. The first kappa shape index (κ1) is 15.8. The summed E-state index contributed by atoms with van der Waals surface area (Å²) in [5.74, 6) is 0.668. The minimum atomic E-state index is 0.0323. The van der Waals surface area contributed by atoms with Gasteiger partial charge in [0.1, 0.15) is 12.4 Å². The van der Waals surface area contributed by atoms with Crippen LogP contribution in [-0.4, -0.2) is 11.1 Å². The van der Waals surface area contributed by atoms with Crippen LogP contribution in [0.1, 0.15) is 22.3 Å². The summed E-state index contributed by atoms with van der Waals surface area (Å²) in [6, 6.07) is 13.9. The third kappa shape index (κ3) is 3.62. The first-order chi connectivity index (χ1) is 11.3. The van der Waals surface area contributed by atoms with Crippen LogP contribution in [-0.2, 0) is 6.61 Å². The van der Waals surface area contributed by atoms with E-state index >= 15 is 0 Å². The zero-order valence-corrected chi connectivity index (χ0v) is 14.3. The molecule has 2 aromatic rings. The van der Waals surface area contributed by atoms with Crippen molar-refractivity contribution >= 4 is 33.9 Å². The fourth-order valence-corrected chi connectivity index (χ4v) is 2.90. The SMILES string of the molecule is O=C(CBr)c1c(OCc2ccccc2)ccc2c1=CC=CCC=2. The molecule has 1 aliphatic rings. The lowest BCUT2D eigenvalue weighted by Gasteiger charge is -2.11. The highest BCUT2D eigenvalue weighted by Gasteiger charge is 2.14. The highest BCUT2D eigenvalue weighted by atomic mass is 79.9. The highest BCUT2D eigenvalue weighted by molar-refractivity contribution is 9.09. The van der Waals surface area contributed by atoms with Gasteiger partial charge in [-0.3, -0.25) is 4.79 Å². The zero-order valence-electron chi connectivity index (χ0n) is 12.7. The molecule has 2 nitrogen and oxygen atoms in total. The maximum Gasteiger partial charge on any atom is 0.177 e. The Bertz CT molecular complexity index is 851. The van der Waals surface area contributed by atoms with Crippen LogP contribution in [0.5, 0.6) is 5.75 Å². The van der Waals surface area contributed by atoms with Crippen LogP contribution in [0.2, 0.25) is 0 Å². The van der Waals surface area contributed by atoms with Crippen LogP contribution in [0.4, 0.5) is 0 Å². The second kappa shape index (κ2) is 7.42. The Labute approximate surface area is 143 Å². The molecule has 1 aliphatic carbocycles. The van der Waals surface area contributed by atoms with Gasteiger partial charge in [0, 0.05) is 0 Å². The number of ether oxygens (including phenoxy) is 1. The van der Waals surface area contributed by atoms with E-state index in [0.29, 0.717) is 17.9 Å². The minimum absolute atomic E-state index is 0.0323. The number of hydrogen-bond donors (Lipinski definition) is 0. The summed E-state index contributed by atoms with van der Waals surface area (Å²) >= 11 is 3.28. The summed E-state index contributed by atoms with van der Waals surface area (Å²) in [5.41, 5.74) is 1.73. The molecule has 0 aromatic heterocycles. The maximum atomic E-state index is 12.4. The number of fused-ring (bicyclic) bond motifs is 1. The fourth-order valence-electron chi connectivity index (χ4n) is 2.62. The van der Waals surface area contributed by atoms with Gasteiger partial charge in [0.15, 0.2) is 5.78 Å². The maximum absolute atomic E-state index is 12.4. The number of alkyl halides is 1. The van der Waals surface area contributed by atoms with Gasteiger partial charge >= 0.3 is 0 Å². The Kier molecular flexibility index (Phi) is 5.09. The van der Waals surface area contributed by atoms with E-state index in [2.05, 4.69) is 28.1 Å². The average Bonchev–Trinajstić information content (AvgIpc) is 2.85. The first-order valence-electron chi connectivity index (χ1n) is 7.55. The van der Waals surface area contributed by atoms with Crippen LogP contribution in [0.25, 0.3) is 12.2 Å². The molecule has 3 rings (SSSR count). The van der Waals surface area contributed by atoms with Gasteiger partial charge in [0.05, 0.1) is 10.9 Å². The molecule has 0 heterocycles. The highest BCUT2D eigenvalue weighted by Crippen LogP contribution is 2.17. The number of carbonyl (C=O) groups excluding carboxylic acids is 1. The first-order valence-corrected chi connectivity index (χ1v) is 8.67. The summed E-state index contributed by atoms with van der Waals surface area (Å²) in [6.45, 7) is 0.446. The normalized spacial score (nSPS) is 12.6. The minimum Gasteiger partial charge on any atom is -0.488 e. The van der Waals surface area contributed by atoms with E-state index in [1.165, 1.54) is 0 Å². The van der Waals surface area contributed by atoms with Crippen LogP contribution >= 0.6 is 15.9 Å². The van der Waals surface area contributed by atoms with Gasteiger partial charge in [-0.25, -0.2) is 0 Å². The topological polar surface area (TPSA) is 26.3 Å². The molecule has 0 spiro atoms. The average molecular weight is 369 g/mol. The molecular formula is C20H17BrO2. The largest absolute Gasteiger partial charge is 0.488 e. The van der Waals surface area contributed by atoms with Crippen molar-refractivity contribution in [3.63, 3.8) is 0 Å². The molecule has 0 fully saturated rings. The van der Waals surface area contributed by atoms with Crippen molar-refractivity contribution in [2.24, 2.45) is 0 Å². The van der Waals surface area contributed by atoms with Gasteiger partial charge in [-0.05, 0) is 28.5 Å². The van der Waals surface area contributed by atoms with Gasteiger partial charge in [-0.15, -0.1) is 0 Å². The number of Topliss-reactive ketones (excluding diaryl/α,β-unsaturated/α-hetero) is 1. The zero-order chi connectivity index (χ0) is 16.1. The van der Waals surface area contributed by atoms with Crippen molar-refractivity contribution in [3.8, 4) is 5.75 Å².